The fourth-order valence-corrected chi connectivity index (χ4v) is 8.89. The lowest BCUT2D eigenvalue weighted by Gasteiger charge is -2.19. The van der Waals surface area contributed by atoms with Gasteiger partial charge in [-0.15, -0.1) is 0 Å². The van der Waals surface area contributed by atoms with Crippen LogP contribution in [0.3, 0.4) is 0 Å². The lowest BCUT2D eigenvalue weighted by Crippen LogP contribution is -2.00. The highest BCUT2D eigenvalue weighted by atomic mass is 32.2. The Morgan fingerprint density at radius 2 is 1.17 bits per heavy atom. The molecule has 9 aromatic rings. The fourth-order valence-electron chi connectivity index (χ4n) is 7.78. The molecule has 1 aliphatic carbocycles. The van der Waals surface area contributed by atoms with Crippen molar-refractivity contribution in [3.05, 3.63) is 140 Å². The first-order valence-corrected chi connectivity index (χ1v) is 16.4. The SMILES string of the molecule is c1ccc2c(c1)Sc1cccc3nc(-c4ccc(-n5c6ccccc6c6cc7c8c(cccc8c65)-c5ccccc5-7)cc4)nc-2c13. The van der Waals surface area contributed by atoms with Crippen molar-refractivity contribution in [1.82, 2.24) is 14.5 Å². The molecule has 11 rings (SSSR count). The van der Waals surface area contributed by atoms with Gasteiger partial charge in [-0.2, -0.15) is 0 Å². The molecule has 46 heavy (non-hydrogen) atoms. The summed E-state index contributed by atoms with van der Waals surface area (Å²) in [6, 6.07) is 50.5. The molecule has 3 heterocycles. The molecule has 1 aliphatic heterocycles. The lowest BCUT2D eigenvalue weighted by molar-refractivity contribution is 1.17. The number of nitrogens with zero attached hydrogens (tertiary/aromatic N) is 3. The van der Waals surface area contributed by atoms with Gasteiger partial charge in [-0.3, -0.25) is 0 Å². The quantitative estimate of drug-likeness (QED) is 0.197. The highest BCUT2D eigenvalue weighted by Gasteiger charge is 2.26. The third-order valence-electron chi connectivity index (χ3n) is 9.73. The molecule has 0 saturated carbocycles. The second-order valence-corrected chi connectivity index (χ2v) is 13.2. The Morgan fingerprint density at radius 3 is 2.07 bits per heavy atom. The van der Waals surface area contributed by atoms with Gasteiger partial charge >= 0.3 is 0 Å². The van der Waals surface area contributed by atoms with E-state index in [1.807, 2.05) is 0 Å². The monoisotopic (exact) mass is 601 g/mol. The van der Waals surface area contributed by atoms with E-state index in [9.17, 15) is 0 Å². The third kappa shape index (κ3) is 3.19. The van der Waals surface area contributed by atoms with Crippen LogP contribution in [0.1, 0.15) is 0 Å². The molecular weight excluding hydrogens is 579 g/mol. The number of rotatable bonds is 2. The summed E-state index contributed by atoms with van der Waals surface area (Å²) in [5.41, 5.74) is 13.0. The van der Waals surface area contributed by atoms with Crippen molar-refractivity contribution in [2.45, 2.75) is 9.79 Å². The maximum Gasteiger partial charge on any atom is 0.160 e. The molecule has 2 aliphatic rings. The predicted molar refractivity (Wildman–Crippen MR) is 191 cm³/mol. The Bertz CT molecular complexity index is 2770. The van der Waals surface area contributed by atoms with Crippen molar-refractivity contribution in [2.24, 2.45) is 0 Å². The Labute approximate surface area is 268 Å². The van der Waals surface area contributed by atoms with Gasteiger partial charge in [0.25, 0.3) is 0 Å². The first kappa shape index (κ1) is 24.6. The molecule has 0 N–H and O–H groups in total. The Balaban J connectivity index is 1.13. The molecule has 2 aromatic heterocycles. The van der Waals surface area contributed by atoms with Crippen LogP contribution in [0.5, 0.6) is 0 Å². The van der Waals surface area contributed by atoms with Crippen LogP contribution in [-0.4, -0.2) is 14.5 Å². The van der Waals surface area contributed by atoms with Crippen LogP contribution in [0.4, 0.5) is 0 Å². The maximum absolute atomic E-state index is 5.19. The van der Waals surface area contributed by atoms with E-state index in [0.717, 1.165) is 33.7 Å². The molecule has 3 nitrogen and oxygen atoms in total. The molecule has 0 radical (unpaired) electrons. The standard InChI is InChI=1S/C42H23N3S/c1-2-10-27-26(9-1)29-13-7-14-31-38(29)32(27)23-33-28-11-3-5-16-35(28)45(41(31)33)25-21-19-24(20-22-25)42-43-34-15-8-18-37-39(34)40(44-42)30-12-4-6-17-36(30)46-37/h1-23H. The molecule has 0 saturated heterocycles. The number of hydrogen-bond donors (Lipinski definition) is 0. The molecule has 7 aromatic carbocycles. The summed E-state index contributed by atoms with van der Waals surface area (Å²) < 4.78 is 2.44. The topological polar surface area (TPSA) is 30.7 Å². The zero-order valence-electron chi connectivity index (χ0n) is 24.5. The molecule has 212 valence electrons. The van der Waals surface area contributed by atoms with E-state index < -0.39 is 0 Å². The van der Waals surface area contributed by atoms with Gasteiger partial charge in [0, 0.05) is 48.2 Å². The molecule has 0 fully saturated rings. The zero-order chi connectivity index (χ0) is 29.9. The Kier molecular flexibility index (Phi) is 4.78. The van der Waals surface area contributed by atoms with Crippen molar-refractivity contribution < 1.29 is 0 Å². The Hall–Kier alpha value is -5.71. The number of aromatic nitrogens is 3. The first-order chi connectivity index (χ1) is 22.8. The summed E-state index contributed by atoms with van der Waals surface area (Å²) in [7, 11) is 0. The van der Waals surface area contributed by atoms with Gasteiger partial charge in [-0.25, -0.2) is 9.97 Å². The minimum atomic E-state index is 0.749. The van der Waals surface area contributed by atoms with Crippen molar-refractivity contribution in [2.75, 3.05) is 0 Å². The molecular formula is C42H23N3S. The van der Waals surface area contributed by atoms with Crippen LogP contribution in [-0.2, 0) is 0 Å². The smallest absolute Gasteiger partial charge is 0.160 e. The van der Waals surface area contributed by atoms with Gasteiger partial charge in [0.05, 0.1) is 22.2 Å². The predicted octanol–water partition coefficient (Wildman–Crippen LogP) is 11.3. The molecule has 0 spiro atoms. The summed E-state index contributed by atoms with van der Waals surface area (Å²) in [6.07, 6.45) is 0. The summed E-state index contributed by atoms with van der Waals surface area (Å²) in [4.78, 5) is 12.7. The number of para-hydroxylation sites is 1. The van der Waals surface area contributed by atoms with Crippen LogP contribution in [0.2, 0.25) is 0 Å². The number of hydrogen-bond acceptors (Lipinski definition) is 3. The molecule has 0 unspecified atom stereocenters. The average Bonchev–Trinajstić information content (AvgIpc) is 3.63. The summed E-state index contributed by atoms with van der Waals surface area (Å²) in [5, 5.41) is 6.31. The van der Waals surface area contributed by atoms with Gasteiger partial charge in [0.1, 0.15) is 0 Å². The van der Waals surface area contributed by atoms with Gasteiger partial charge in [0.15, 0.2) is 5.82 Å². The second kappa shape index (κ2) is 8.94. The minimum Gasteiger partial charge on any atom is -0.309 e. The average molecular weight is 602 g/mol. The van der Waals surface area contributed by atoms with Gasteiger partial charge in [0.2, 0.25) is 0 Å². The molecule has 0 atom stereocenters. The summed E-state index contributed by atoms with van der Waals surface area (Å²) in [5.74, 6) is 0.749. The highest BCUT2D eigenvalue weighted by Crippen LogP contribution is 2.51. The molecule has 0 bridgehead atoms. The van der Waals surface area contributed by atoms with Crippen LogP contribution in [0.15, 0.2) is 149 Å². The van der Waals surface area contributed by atoms with E-state index in [4.69, 9.17) is 9.97 Å². The van der Waals surface area contributed by atoms with Crippen molar-refractivity contribution in [3.8, 4) is 50.6 Å². The summed E-state index contributed by atoms with van der Waals surface area (Å²) >= 11 is 1.80. The van der Waals surface area contributed by atoms with Crippen molar-refractivity contribution in [3.63, 3.8) is 0 Å². The first-order valence-electron chi connectivity index (χ1n) is 15.6. The van der Waals surface area contributed by atoms with Gasteiger partial charge in [-0.1, -0.05) is 96.7 Å². The van der Waals surface area contributed by atoms with Crippen LogP contribution >= 0.6 is 11.8 Å². The van der Waals surface area contributed by atoms with Crippen molar-refractivity contribution >= 4 is 55.2 Å². The number of benzene rings is 7. The van der Waals surface area contributed by atoms with Gasteiger partial charge in [-0.05, 0) is 82.2 Å². The lowest BCUT2D eigenvalue weighted by atomic mass is 9.99. The normalized spacial score (nSPS) is 12.7. The zero-order valence-corrected chi connectivity index (χ0v) is 25.3. The molecule has 0 amide bonds. The largest absolute Gasteiger partial charge is 0.309 e. The van der Waals surface area contributed by atoms with E-state index in [2.05, 4.69) is 144 Å². The third-order valence-corrected chi connectivity index (χ3v) is 10.9. The van der Waals surface area contributed by atoms with Crippen LogP contribution in [0.25, 0.3) is 94.1 Å². The Morgan fingerprint density at radius 1 is 0.478 bits per heavy atom. The van der Waals surface area contributed by atoms with E-state index >= 15 is 0 Å². The minimum absolute atomic E-state index is 0.749. The van der Waals surface area contributed by atoms with E-state index in [1.54, 1.807) is 11.8 Å². The maximum atomic E-state index is 5.19. The number of fused-ring (bicyclic) bond motifs is 9. The van der Waals surface area contributed by atoms with Crippen LogP contribution in [0, 0.1) is 0 Å². The second-order valence-electron chi connectivity index (χ2n) is 12.1. The van der Waals surface area contributed by atoms with Crippen molar-refractivity contribution in [1.29, 1.82) is 0 Å². The fraction of sp³-hybridized carbons (Fsp3) is 0. The van der Waals surface area contributed by atoms with Crippen LogP contribution < -0.4 is 0 Å². The van der Waals surface area contributed by atoms with E-state index in [1.165, 1.54) is 70.2 Å². The van der Waals surface area contributed by atoms with Gasteiger partial charge < -0.3 is 4.57 Å². The summed E-state index contributed by atoms with van der Waals surface area (Å²) in [6.45, 7) is 0. The highest BCUT2D eigenvalue weighted by molar-refractivity contribution is 7.99. The molecule has 4 heteroatoms. The van der Waals surface area contributed by atoms with E-state index in [-0.39, 0.29) is 0 Å². The van der Waals surface area contributed by atoms with E-state index in [0.29, 0.717) is 0 Å².